The number of carboxylic acid groups (broad SMARTS) is 1. The van der Waals surface area contributed by atoms with E-state index in [1.165, 1.54) is 48.7 Å². The van der Waals surface area contributed by atoms with Gasteiger partial charge in [0, 0.05) is 23.5 Å². The number of carboxylic acids is 1. The lowest BCUT2D eigenvalue weighted by Crippen LogP contribution is -2.33. The lowest BCUT2D eigenvalue weighted by atomic mass is 10.1. The molecule has 0 radical (unpaired) electrons. The number of hydrogen-bond acceptors (Lipinski definition) is 7. The topological polar surface area (TPSA) is 103 Å². The Morgan fingerprint density at radius 2 is 1.82 bits per heavy atom. The Kier molecular flexibility index (Phi) is 8.51. The number of pyridine rings is 1. The number of benzene rings is 2. The maximum Gasteiger partial charge on any atom is 0.421 e. The van der Waals surface area contributed by atoms with Crippen LogP contribution in [0, 0.1) is 0 Å². The molecule has 0 saturated carbocycles. The highest BCUT2D eigenvalue weighted by Crippen LogP contribution is 2.39. The third-order valence-corrected chi connectivity index (χ3v) is 6.16. The summed E-state index contributed by atoms with van der Waals surface area (Å²) in [6.07, 6.45) is -0.734. The molecule has 39 heavy (non-hydrogen) atoms. The summed E-state index contributed by atoms with van der Waals surface area (Å²) in [6.45, 7) is 2.13. The molecule has 0 aliphatic rings. The monoisotopic (exact) mass is 605 g/mol. The van der Waals surface area contributed by atoms with Crippen molar-refractivity contribution in [2.75, 3.05) is 18.6 Å². The van der Waals surface area contributed by atoms with E-state index in [9.17, 15) is 23.1 Å². The highest BCUT2D eigenvalue weighted by Gasteiger charge is 2.36. The minimum atomic E-state index is -4.78. The molecule has 9 nitrogen and oxygen atoms in total. The molecule has 0 aliphatic carbocycles. The maximum absolute atomic E-state index is 13.9. The number of hydrogen-bond donors (Lipinski definition) is 1. The van der Waals surface area contributed by atoms with Crippen LogP contribution in [0.1, 0.15) is 28.4 Å². The molecule has 0 bridgehead atoms. The van der Waals surface area contributed by atoms with Gasteiger partial charge in [-0.05, 0) is 61.0 Å². The van der Waals surface area contributed by atoms with E-state index in [0.29, 0.717) is 11.4 Å². The minimum Gasteiger partial charge on any atom is -0.478 e. The highest BCUT2D eigenvalue weighted by atomic mass is 79.9. The summed E-state index contributed by atoms with van der Waals surface area (Å²) in [7, 11) is 1.54. The average molecular weight is 606 g/mol. The molecule has 2 heterocycles. The van der Waals surface area contributed by atoms with Crippen LogP contribution in [0.5, 0.6) is 11.6 Å². The normalized spacial score (nSPS) is 12.3. The van der Waals surface area contributed by atoms with Crippen LogP contribution >= 0.6 is 15.9 Å². The van der Waals surface area contributed by atoms with Gasteiger partial charge in [-0.25, -0.2) is 9.78 Å². The summed E-state index contributed by atoms with van der Waals surface area (Å²) in [6, 6.07) is 11.9. The quantitative estimate of drug-likeness (QED) is 0.229. The molecule has 4 rings (SSSR count). The zero-order valence-corrected chi connectivity index (χ0v) is 22.3. The molecule has 0 aliphatic heterocycles. The molecule has 0 fully saturated rings. The Labute approximate surface area is 229 Å². The standard InChI is InChI=1S/C26H23BrF3N5O4/c1-16(15-38-2)35(19-5-3-18(27)4-6-19)23-8-7-20(12-21(23)25(36)37)39-24-22(26(28,29)30)11-17(13-31-24)14-34-32-9-10-33-34/h3-13,16H,14-15H2,1-2H3,(H,36,37)/t16-/m1/s1. The number of aromatic nitrogens is 4. The van der Waals surface area contributed by atoms with Gasteiger partial charge in [0.25, 0.3) is 0 Å². The number of rotatable bonds is 10. The first-order valence-corrected chi connectivity index (χ1v) is 12.3. The van der Waals surface area contributed by atoms with Crippen molar-refractivity contribution in [1.82, 2.24) is 20.0 Å². The fraction of sp³-hybridized carbons (Fsp3) is 0.231. The van der Waals surface area contributed by atoms with Crippen LogP contribution in [0.15, 0.2) is 71.6 Å². The van der Waals surface area contributed by atoms with Crippen LogP contribution < -0.4 is 9.64 Å². The number of carbonyl (C=O) groups is 1. The molecule has 1 N–H and O–H groups in total. The van der Waals surface area contributed by atoms with E-state index >= 15 is 0 Å². The molecule has 4 aromatic rings. The second-order valence-electron chi connectivity index (χ2n) is 8.49. The van der Waals surface area contributed by atoms with Crippen LogP contribution in [0.25, 0.3) is 0 Å². The summed E-state index contributed by atoms with van der Waals surface area (Å²) in [5.74, 6) is -2.11. The van der Waals surface area contributed by atoms with Crippen LogP contribution in [-0.4, -0.2) is 50.8 Å². The molecule has 2 aromatic carbocycles. The first-order valence-electron chi connectivity index (χ1n) is 11.6. The Balaban J connectivity index is 1.72. The van der Waals surface area contributed by atoms with Gasteiger partial charge in [0.2, 0.25) is 5.88 Å². The van der Waals surface area contributed by atoms with E-state index in [-0.39, 0.29) is 36.1 Å². The molecule has 13 heteroatoms. The molecular weight excluding hydrogens is 583 g/mol. The fourth-order valence-electron chi connectivity index (χ4n) is 3.97. The van der Waals surface area contributed by atoms with Gasteiger partial charge in [0.15, 0.2) is 0 Å². The molecular formula is C26H23BrF3N5O4. The van der Waals surface area contributed by atoms with E-state index in [4.69, 9.17) is 9.47 Å². The average Bonchev–Trinajstić information content (AvgIpc) is 3.39. The molecule has 0 amide bonds. The Hall–Kier alpha value is -3.97. The second kappa shape index (κ2) is 11.8. The number of aromatic carboxylic acids is 1. The van der Waals surface area contributed by atoms with Crippen molar-refractivity contribution in [3.8, 4) is 11.6 Å². The van der Waals surface area contributed by atoms with E-state index in [0.717, 1.165) is 10.5 Å². The first kappa shape index (κ1) is 28.0. The second-order valence-corrected chi connectivity index (χ2v) is 9.41. The van der Waals surface area contributed by atoms with Gasteiger partial charge in [0.1, 0.15) is 11.3 Å². The Morgan fingerprint density at radius 1 is 1.13 bits per heavy atom. The minimum absolute atomic E-state index is 0.0211. The Bertz CT molecular complexity index is 1430. The van der Waals surface area contributed by atoms with Crippen molar-refractivity contribution < 1.29 is 32.5 Å². The zero-order chi connectivity index (χ0) is 28.2. The van der Waals surface area contributed by atoms with Gasteiger partial charge in [-0.15, -0.1) is 0 Å². The van der Waals surface area contributed by atoms with Crippen molar-refractivity contribution in [1.29, 1.82) is 0 Å². The number of alkyl halides is 3. The van der Waals surface area contributed by atoms with Crippen molar-refractivity contribution in [2.45, 2.75) is 25.7 Å². The van der Waals surface area contributed by atoms with Crippen LogP contribution in [0.3, 0.4) is 0 Å². The van der Waals surface area contributed by atoms with Gasteiger partial charge in [0.05, 0.1) is 42.8 Å². The number of ether oxygens (including phenoxy) is 2. The van der Waals surface area contributed by atoms with E-state index < -0.39 is 23.6 Å². The molecule has 0 saturated heterocycles. The third-order valence-electron chi connectivity index (χ3n) is 5.63. The summed E-state index contributed by atoms with van der Waals surface area (Å²) in [4.78, 5) is 19.2. The Morgan fingerprint density at radius 3 is 2.44 bits per heavy atom. The van der Waals surface area contributed by atoms with Gasteiger partial charge in [-0.2, -0.15) is 28.2 Å². The summed E-state index contributed by atoms with van der Waals surface area (Å²) in [5, 5.41) is 17.8. The zero-order valence-electron chi connectivity index (χ0n) is 20.8. The summed E-state index contributed by atoms with van der Waals surface area (Å²) >= 11 is 3.39. The lowest BCUT2D eigenvalue weighted by Gasteiger charge is -2.32. The van der Waals surface area contributed by atoms with Gasteiger partial charge in [-0.1, -0.05) is 15.9 Å². The van der Waals surface area contributed by atoms with Crippen LogP contribution in [0.2, 0.25) is 0 Å². The van der Waals surface area contributed by atoms with E-state index in [1.807, 2.05) is 31.2 Å². The molecule has 0 unspecified atom stereocenters. The van der Waals surface area contributed by atoms with Crippen LogP contribution in [0.4, 0.5) is 24.5 Å². The largest absolute Gasteiger partial charge is 0.478 e. The molecule has 0 spiro atoms. The highest BCUT2D eigenvalue weighted by molar-refractivity contribution is 9.10. The summed E-state index contributed by atoms with van der Waals surface area (Å²) < 4.78 is 53.3. The summed E-state index contributed by atoms with van der Waals surface area (Å²) in [5.41, 5.74) is -0.0636. The van der Waals surface area contributed by atoms with Gasteiger partial charge < -0.3 is 19.5 Å². The van der Waals surface area contributed by atoms with E-state index in [2.05, 4.69) is 31.1 Å². The number of anilines is 2. The number of halogens is 4. The first-order chi connectivity index (χ1) is 18.6. The van der Waals surface area contributed by atoms with Gasteiger partial charge >= 0.3 is 12.1 Å². The predicted octanol–water partition coefficient (Wildman–Crippen LogP) is 6.17. The number of methoxy groups -OCH3 is 1. The van der Waals surface area contributed by atoms with Gasteiger partial charge in [-0.3, -0.25) is 0 Å². The SMILES string of the molecule is COC[C@@H](C)N(c1ccc(Br)cc1)c1ccc(Oc2ncc(Cn3nccn3)cc2C(F)(F)F)cc1C(=O)O. The third kappa shape index (κ3) is 6.73. The van der Waals surface area contributed by atoms with Crippen molar-refractivity contribution >= 4 is 33.3 Å². The fourth-order valence-corrected chi connectivity index (χ4v) is 4.24. The number of nitrogens with zero attached hydrogens (tertiary/aromatic N) is 5. The predicted molar refractivity (Wildman–Crippen MR) is 139 cm³/mol. The molecule has 1 atom stereocenters. The lowest BCUT2D eigenvalue weighted by molar-refractivity contribution is -0.138. The maximum atomic E-state index is 13.9. The van der Waals surface area contributed by atoms with Crippen molar-refractivity contribution in [2.24, 2.45) is 0 Å². The van der Waals surface area contributed by atoms with E-state index in [1.54, 1.807) is 4.90 Å². The van der Waals surface area contributed by atoms with Crippen molar-refractivity contribution in [3.05, 3.63) is 88.3 Å². The smallest absolute Gasteiger partial charge is 0.421 e. The molecule has 204 valence electrons. The van der Waals surface area contributed by atoms with Crippen LogP contribution in [-0.2, 0) is 17.5 Å². The van der Waals surface area contributed by atoms with Crippen molar-refractivity contribution in [3.63, 3.8) is 0 Å². The molecule has 2 aromatic heterocycles.